The number of carboxylic acids is 1. The van der Waals surface area contributed by atoms with Gasteiger partial charge in [0.05, 0.1) is 12.6 Å². The minimum absolute atomic E-state index is 0.0421. The molecule has 3 heterocycles. The Labute approximate surface area is 133 Å². The van der Waals surface area contributed by atoms with Gasteiger partial charge in [-0.15, -0.1) is 0 Å². The fraction of sp³-hybridized carbons (Fsp3) is 0.429. The molecular formula is C14H17N3O5S. The maximum absolute atomic E-state index is 12.8. The summed E-state index contributed by atoms with van der Waals surface area (Å²) >= 11 is 0. The average Bonchev–Trinajstić information content (AvgIpc) is 3.14. The molecule has 1 unspecified atom stereocenters. The van der Waals surface area contributed by atoms with Crippen LogP contribution in [0.15, 0.2) is 34.3 Å². The first-order valence-electron chi connectivity index (χ1n) is 7.28. The molecule has 0 fully saturated rings. The first-order valence-corrected chi connectivity index (χ1v) is 8.72. The van der Waals surface area contributed by atoms with Crippen molar-refractivity contribution < 1.29 is 22.7 Å². The van der Waals surface area contributed by atoms with Crippen LogP contribution in [0.2, 0.25) is 0 Å². The van der Waals surface area contributed by atoms with E-state index in [1.807, 2.05) is 6.92 Å². The fourth-order valence-corrected chi connectivity index (χ4v) is 4.28. The predicted molar refractivity (Wildman–Crippen MR) is 79.2 cm³/mol. The number of hydrogen-bond acceptors (Lipinski definition) is 5. The summed E-state index contributed by atoms with van der Waals surface area (Å²) in [6.45, 7) is 2.66. The summed E-state index contributed by atoms with van der Waals surface area (Å²) in [4.78, 5) is 15.6. The zero-order valence-electron chi connectivity index (χ0n) is 12.5. The van der Waals surface area contributed by atoms with Gasteiger partial charge in [-0.25, -0.2) is 13.4 Å². The summed E-state index contributed by atoms with van der Waals surface area (Å²) in [5.74, 6) is -0.718. The first-order chi connectivity index (χ1) is 10.9. The number of fused-ring (bicyclic) bond motifs is 1. The molecule has 0 radical (unpaired) electrons. The molecule has 0 spiro atoms. The molecule has 8 nitrogen and oxygen atoms in total. The predicted octanol–water partition coefficient (Wildman–Crippen LogP) is 1.26. The van der Waals surface area contributed by atoms with Crippen LogP contribution in [0.5, 0.6) is 0 Å². The number of nitrogens with zero attached hydrogens (tertiary/aromatic N) is 3. The van der Waals surface area contributed by atoms with Crippen molar-refractivity contribution in [2.45, 2.75) is 37.4 Å². The monoisotopic (exact) mass is 339 g/mol. The summed E-state index contributed by atoms with van der Waals surface area (Å²) < 4.78 is 33.5. The second kappa shape index (κ2) is 5.82. The fourth-order valence-electron chi connectivity index (χ4n) is 2.78. The molecule has 23 heavy (non-hydrogen) atoms. The minimum atomic E-state index is -4.00. The third-order valence-corrected chi connectivity index (χ3v) is 5.57. The van der Waals surface area contributed by atoms with Crippen molar-refractivity contribution in [1.82, 2.24) is 13.9 Å². The van der Waals surface area contributed by atoms with E-state index in [0.29, 0.717) is 24.3 Å². The molecule has 1 atom stereocenters. The molecule has 3 rings (SSSR count). The lowest BCUT2D eigenvalue weighted by Gasteiger charge is -2.30. The molecule has 0 saturated carbocycles. The Bertz CT molecular complexity index is 823. The molecular weight excluding hydrogens is 322 g/mol. The molecule has 2 aromatic heterocycles. The Kier molecular flexibility index (Phi) is 3.99. The summed E-state index contributed by atoms with van der Waals surface area (Å²) in [6.07, 6.45) is 5.44. The zero-order chi connectivity index (χ0) is 16.6. The van der Waals surface area contributed by atoms with Gasteiger partial charge in [-0.05, 0) is 12.5 Å². The van der Waals surface area contributed by atoms with E-state index in [1.165, 1.54) is 24.9 Å². The van der Waals surface area contributed by atoms with Crippen molar-refractivity contribution in [3.63, 3.8) is 0 Å². The second-order valence-corrected chi connectivity index (χ2v) is 7.19. The van der Waals surface area contributed by atoms with Gasteiger partial charge in [0.1, 0.15) is 5.76 Å². The number of aromatic nitrogens is 2. The van der Waals surface area contributed by atoms with Crippen LogP contribution >= 0.6 is 0 Å². The van der Waals surface area contributed by atoms with E-state index < -0.39 is 22.0 Å². The van der Waals surface area contributed by atoms with Gasteiger partial charge in [0.15, 0.2) is 11.1 Å². The number of imidazole rings is 1. The molecule has 1 aliphatic rings. The van der Waals surface area contributed by atoms with Crippen LogP contribution in [-0.2, 0) is 27.8 Å². The van der Waals surface area contributed by atoms with E-state index in [0.717, 1.165) is 10.7 Å². The van der Waals surface area contributed by atoms with Gasteiger partial charge >= 0.3 is 5.97 Å². The molecule has 0 aliphatic carbocycles. The van der Waals surface area contributed by atoms with Gasteiger partial charge in [-0.3, -0.25) is 4.79 Å². The first kappa shape index (κ1) is 15.8. The summed E-state index contributed by atoms with van der Waals surface area (Å²) in [5, 5.41) is 9.37. The highest BCUT2D eigenvalue weighted by Crippen LogP contribution is 2.34. The summed E-state index contributed by atoms with van der Waals surface area (Å²) in [7, 11) is -4.00. The van der Waals surface area contributed by atoms with E-state index in [9.17, 15) is 18.3 Å². The Hall–Kier alpha value is -2.13. The highest BCUT2D eigenvalue weighted by atomic mass is 32.2. The highest BCUT2D eigenvalue weighted by Gasteiger charge is 2.42. The van der Waals surface area contributed by atoms with Crippen LogP contribution in [0.25, 0.3) is 0 Å². The number of carboxylic acid groups (broad SMARTS) is 1. The van der Waals surface area contributed by atoms with Crippen LogP contribution in [-0.4, -0.2) is 39.9 Å². The van der Waals surface area contributed by atoms with Gasteiger partial charge < -0.3 is 14.1 Å². The molecule has 1 aliphatic heterocycles. The third kappa shape index (κ3) is 2.66. The smallest absolute Gasteiger partial charge is 0.326 e. The Balaban J connectivity index is 2.00. The average molecular weight is 339 g/mol. The van der Waals surface area contributed by atoms with Crippen molar-refractivity contribution in [3.05, 3.63) is 36.2 Å². The summed E-state index contributed by atoms with van der Waals surface area (Å²) in [5.41, 5.74) is 0.375. The largest absolute Gasteiger partial charge is 0.480 e. The molecule has 0 aromatic carbocycles. The lowest BCUT2D eigenvalue weighted by Crippen LogP contribution is -2.43. The van der Waals surface area contributed by atoms with Crippen molar-refractivity contribution in [1.29, 1.82) is 0 Å². The number of carbonyl (C=O) groups is 1. The van der Waals surface area contributed by atoms with Gasteiger partial charge in [-0.2, -0.15) is 4.31 Å². The van der Waals surface area contributed by atoms with E-state index in [2.05, 4.69) is 4.98 Å². The number of aryl methyl sites for hydroxylation is 1. The second-order valence-electron chi connectivity index (χ2n) is 5.36. The quantitative estimate of drug-likeness (QED) is 0.879. The molecule has 0 amide bonds. The molecule has 1 N–H and O–H groups in total. The van der Waals surface area contributed by atoms with E-state index in [4.69, 9.17) is 4.42 Å². The van der Waals surface area contributed by atoms with Gasteiger partial charge in [-0.1, -0.05) is 6.92 Å². The van der Waals surface area contributed by atoms with Crippen molar-refractivity contribution in [2.24, 2.45) is 0 Å². The lowest BCUT2D eigenvalue weighted by molar-refractivity contribution is -0.142. The van der Waals surface area contributed by atoms with Crippen LogP contribution < -0.4 is 0 Å². The van der Waals surface area contributed by atoms with Crippen molar-refractivity contribution in [2.75, 3.05) is 6.54 Å². The zero-order valence-corrected chi connectivity index (χ0v) is 13.4. The number of furan rings is 1. The standard InChI is InChI=1S/C14H17N3O5S/c1-2-5-16-8-12(15-9-16)23(20,21)17-6-3-11-10(4-7-22-11)13(17)14(18)19/h4,7-9,13H,2-3,5-6H2,1H3,(H,18,19). The van der Waals surface area contributed by atoms with E-state index >= 15 is 0 Å². The van der Waals surface area contributed by atoms with E-state index in [1.54, 1.807) is 4.57 Å². The SMILES string of the molecule is CCCn1cnc(S(=O)(=O)N2CCc3occc3C2C(=O)O)c1. The van der Waals surface area contributed by atoms with Gasteiger partial charge in [0, 0.05) is 31.3 Å². The van der Waals surface area contributed by atoms with Crippen LogP contribution in [0.3, 0.4) is 0 Å². The molecule has 0 saturated heterocycles. The van der Waals surface area contributed by atoms with Crippen molar-refractivity contribution >= 4 is 16.0 Å². The normalized spacial score (nSPS) is 18.7. The number of aliphatic carboxylic acids is 1. The highest BCUT2D eigenvalue weighted by molar-refractivity contribution is 7.89. The Morgan fingerprint density at radius 3 is 3.00 bits per heavy atom. The van der Waals surface area contributed by atoms with Crippen LogP contribution in [0.1, 0.15) is 30.7 Å². The van der Waals surface area contributed by atoms with Gasteiger partial charge in [0.25, 0.3) is 10.0 Å². The van der Waals surface area contributed by atoms with Gasteiger partial charge in [0.2, 0.25) is 0 Å². The van der Waals surface area contributed by atoms with Crippen LogP contribution in [0, 0.1) is 0 Å². The van der Waals surface area contributed by atoms with E-state index in [-0.39, 0.29) is 11.6 Å². The number of rotatable bonds is 5. The topological polar surface area (TPSA) is 106 Å². The number of hydrogen-bond donors (Lipinski definition) is 1. The molecule has 9 heteroatoms. The summed E-state index contributed by atoms with van der Waals surface area (Å²) in [6, 6.07) is 0.213. The lowest BCUT2D eigenvalue weighted by atomic mass is 10.0. The molecule has 0 bridgehead atoms. The Morgan fingerprint density at radius 1 is 1.52 bits per heavy atom. The third-order valence-electron chi connectivity index (χ3n) is 3.82. The Morgan fingerprint density at radius 2 is 2.30 bits per heavy atom. The minimum Gasteiger partial charge on any atom is -0.480 e. The molecule has 2 aromatic rings. The van der Waals surface area contributed by atoms with Crippen molar-refractivity contribution in [3.8, 4) is 0 Å². The van der Waals surface area contributed by atoms with Crippen LogP contribution in [0.4, 0.5) is 0 Å². The molecule has 124 valence electrons. The maximum atomic E-state index is 12.8. The maximum Gasteiger partial charge on any atom is 0.326 e. The number of sulfonamides is 1.